The summed E-state index contributed by atoms with van der Waals surface area (Å²) in [5.74, 6) is -0.333. The van der Waals surface area contributed by atoms with Crippen LogP contribution in [-0.2, 0) is 20.5 Å². The summed E-state index contributed by atoms with van der Waals surface area (Å²) in [6.45, 7) is 0.490. The van der Waals surface area contributed by atoms with Crippen molar-refractivity contribution >= 4 is 17.2 Å². The maximum atomic E-state index is 12.1. The minimum absolute atomic E-state index is 0.169. The van der Waals surface area contributed by atoms with E-state index in [4.69, 9.17) is 0 Å². The molecule has 0 unspecified atom stereocenters. The minimum atomic E-state index is -0.333. The van der Waals surface area contributed by atoms with Gasteiger partial charge >= 0.3 is 0 Å². The number of carbonyl (C=O) groups excluding carboxylic acids is 1. The Morgan fingerprint density at radius 3 is 2.88 bits per heavy atom. The van der Waals surface area contributed by atoms with Crippen LogP contribution in [0.25, 0.3) is 10.4 Å². The van der Waals surface area contributed by atoms with E-state index in [1.807, 2.05) is 19.4 Å². The van der Waals surface area contributed by atoms with E-state index in [1.54, 1.807) is 41.4 Å². The van der Waals surface area contributed by atoms with E-state index >= 15 is 0 Å². The Hall–Kier alpha value is -2.67. The zero-order valence-corrected chi connectivity index (χ0v) is 14.3. The highest BCUT2D eigenvalue weighted by Crippen LogP contribution is 2.27. The van der Waals surface area contributed by atoms with Crippen LogP contribution in [0.15, 0.2) is 47.7 Å². The number of rotatable bonds is 5. The number of thiophene rings is 1. The molecule has 0 aromatic carbocycles. The molecule has 124 valence electrons. The van der Waals surface area contributed by atoms with Crippen molar-refractivity contribution in [3.05, 3.63) is 63.7 Å². The number of nitrogens with zero attached hydrogens (tertiary/aromatic N) is 3. The van der Waals surface area contributed by atoms with Crippen LogP contribution in [0.5, 0.6) is 0 Å². The van der Waals surface area contributed by atoms with Gasteiger partial charge in [0.1, 0.15) is 5.56 Å². The van der Waals surface area contributed by atoms with E-state index in [9.17, 15) is 9.59 Å². The Labute approximate surface area is 143 Å². The lowest BCUT2D eigenvalue weighted by Gasteiger charge is -2.05. The quantitative estimate of drug-likeness (QED) is 0.769. The fourth-order valence-corrected chi connectivity index (χ4v) is 3.36. The molecule has 3 aromatic heterocycles. The zero-order chi connectivity index (χ0) is 17.1. The molecule has 3 rings (SSSR count). The molecule has 0 radical (unpaired) electrons. The van der Waals surface area contributed by atoms with Gasteiger partial charge in [0.25, 0.3) is 11.5 Å². The normalized spacial score (nSPS) is 10.8. The highest BCUT2D eigenvalue weighted by Gasteiger charge is 2.11. The number of hydrogen-bond donors (Lipinski definition) is 1. The van der Waals surface area contributed by atoms with Crippen LogP contribution in [0.3, 0.4) is 0 Å². The topological polar surface area (TPSA) is 68.9 Å². The van der Waals surface area contributed by atoms with E-state index in [-0.39, 0.29) is 17.0 Å². The molecule has 0 bridgehead atoms. The molecule has 0 fully saturated rings. The van der Waals surface area contributed by atoms with Crippen molar-refractivity contribution in [3.8, 4) is 10.4 Å². The van der Waals surface area contributed by atoms with Gasteiger partial charge in [0.05, 0.1) is 6.20 Å². The van der Waals surface area contributed by atoms with Crippen molar-refractivity contribution in [2.45, 2.75) is 6.42 Å². The van der Waals surface area contributed by atoms with E-state index in [2.05, 4.69) is 22.5 Å². The molecule has 1 N–H and O–H groups in total. The standard InChI is InChI=1S/C17H18N4O2S/c1-20-9-3-4-14(17(20)23)16(22)18-8-7-13-5-6-15(24-13)12-10-19-21(2)11-12/h3-6,9-11H,7-8H2,1-2H3,(H,18,22). The summed E-state index contributed by atoms with van der Waals surface area (Å²) in [5.41, 5.74) is 0.970. The van der Waals surface area contributed by atoms with Crippen molar-refractivity contribution in [2.75, 3.05) is 6.54 Å². The fraction of sp³-hybridized carbons (Fsp3) is 0.235. The van der Waals surface area contributed by atoms with Gasteiger partial charge in [-0.15, -0.1) is 11.3 Å². The average molecular weight is 342 g/mol. The van der Waals surface area contributed by atoms with Gasteiger partial charge in [0, 0.05) is 48.4 Å². The summed E-state index contributed by atoms with van der Waals surface area (Å²) in [7, 11) is 3.52. The number of nitrogens with one attached hydrogen (secondary N) is 1. The minimum Gasteiger partial charge on any atom is -0.352 e. The maximum absolute atomic E-state index is 12.1. The van der Waals surface area contributed by atoms with Gasteiger partial charge in [0.2, 0.25) is 0 Å². The molecule has 1 amide bonds. The van der Waals surface area contributed by atoms with Crippen LogP contribution in [0, 0.1) is 0 Å². The SMILES string of the molecule is Cn1cc(-c2ccc(CCNC(=O)c3cccn(C)c3=O)s2)cn1. The van der Waals surface area contributed by atoms with Gasteiger partial charge in [-0.2, -0.15) is 5.10 Å². The lowest BCUT2D eigenvalue weighted by Crippen LogP contribution is -2.32. The Morgan fingerprint density at radius 1 is 1.29 bits per heavy atom. The Morgan fingerprint density at radius 2 is 2.12 bits per heavy atom. The number of amides is 1. The summed E-state index contributed by atoms with van der Waals surface area (Å²) in [4.78, 5) is 26.3. The third kappa shape index (κ3) is 3.46. The second kappa shape index (κ2) is 6.84. The fourth-order valence-electron chi connectivity index (χ4n) is 2.38. The van der Waals surface area contributed by atoms with Gasteiger partial charge in [-0.3, -0.25) is 14.3 Å². The third-order valence-electron chi connectivity index (χ3n) is 3.68. The molecule has 0 saturated heterocycles. The van der Waals surface area contributed by atoms with E-state index < -0.39 is 0 Å². The highest BCUT2D eigenvalue weighted by molar-refractivity contribution is 7.15. The largest absolute Gasteiger partial charge is 0.352 e. The smallest absolute Gasteiger partial charge is 0.263 e. The van der Waals surface area contributed by atoms with Gasteiger partial charge < -0.3 is 9.88 Å². The Bertz CT molecular complexity index is 923. The number of aromatic nitrogens is 3. The molecule has 3 heterocycles. The van der Waals surface area contributed by atoms with Crippen LogP contribution in [0.4, 0.5) is 0 Å². The lowest BCUT2D eigenvalue weighted by atomic mass is 10.2. The molecule has 0 aliphatic heterocycles. The van der Waals surface area contributed by atoms with E-state index in [0.29, 0.717) is 6.54 Å². The molecule has 0 atom stereocenters. The van der Waals surface area contributed by atoms with Crippen molar-refractivity contribution in [3.63, 3.8) is 0 Å². The molecule has 0 spiro atoms. The molecular formula is C17H18N4O2S. The van der Waals surface area contributed by atoms with Crippen LogP contribution in [-0.4, -0.2) is 26.8 Å². The van der Waals surface area contributed by atoms with Gasteiger partial charge in [-0.1, -0.05) is 0 Å². The second-order valence-corrected chi connectivity index (χ2v) is 6.68. The molecule has 6 nitrogen and oxygen atoms in total. The first-order valence-electron chi connectivity index (χ1n) is 7.56. The van der Waals surface area contributed by atoms with Crippen molar-refractivity contribution in [2.24, 2.45) is 14.1 Å². The predicted molar refractivity (Wildman–Crippen MR) is 94.2 cm³/mol. The number of hydrogen-bond acceptors (Lipinski definition) is 4. The van der Waals surface area contributed by atoms with Crippen LogP contribution in [0.2, 0.25) is 0 Å². The summed E-state index contributed by atoms with van der Waals surface area (Å²) in [6, 6.07) is 7.35. The molecule has 24 heavy (non-hydrogen) atoms. The molecule has 7 heteroatoms. The highest BCUT2D eigenvalue weighted by atomic mass is 32.1. The van der Waals surface area contributed by atoms with E-state index in [0.717, 1.165) is 16.9 Å². The molecule has 0 aliphatic rings. The van der Waals surface area contributed by atoms with Crippen molar-refractivity contribution in [1.82, 2.24) is 19.7 Å². The predicted octanol–water partition coefficient (Wildman–Crippen LogP) is 1.82. The van der Waals surface area contributed by atoms with Crippen LogP contribution < -0.4 is 10.9 Å². The van der Waals surface area contributed by atoms with E-state index in [1.165, 1.54) is 9.44 Å². The summed E-state index contributed by atoms with van der Waals surface area (Å²) in [5, 5.41) is 6.98. The summed E-state index contributed by atoms with van der Waals surface area (Å²) >= 11 is 1.68. The molecule has 0 aliphatic carbocycles. The van der Waals surface area contributed by atoms with Gasteiger partial charge in [-0.25, -0.2) is 0 Å². The molecule has 3 aromatic rings. The van der Waals surface area contributed by atoms with Crippen LogP contribution >= 0.6 is 11.3 Å². The maximum Gasteiger partial charge on any atom is 0.263 e. The zero-order valence-electron chi connectivity index (χ0n) is 13.5. The number of carbonyl (C=O) groups is 1. The monoisotopic (exact) mass is 342 g/mol. The van der Waals surface area contributed by atoms with Gasteiger partial charge in [-0.05, 0) is 30.7 Å². The first-order valence-corrected chi connectivity index (χ1v) is 8.38. The van der Waals surface area contributed by atoms with Crippen LogP contribution in [0.1, 0.15) is 15.2 Å². The number of pyridine rings is 1. The van der Waals surface area contributed by atoms with Crippen molar-refractivity contribution < 1.29 is 4.79 Å². The molecular weight excluding hydrogens is 324 g/mol. The third-order valence-corrected chi connectivity index (χ3v) is 4.87. The molecule has 0 saturated carbocycles. The number of aryl methyl sites for hydroxylation is 2. The Balaban J connectivity index is 1.59. The average Bonchev–Trinajstić information content (AvgIpc) is 3.19. The summed E-state index contributed by atoms with van der Waals surface area (Å²) in [6.07, 6.45) is 6.17. The second-order valence-electron chi connectivity index (χ2n) is 5.51. The van der Waals surface area contributed by atoms with Gasteiger partial charge in [0.15, 0.2) is 0 Å². The summed E-state index contributed by atoms with van der Waals surface area (Å²) < 4.78 is 3.17. The lowest BCUT2D eigenvalue weighted by molar-refractivity contribution is 0.0952. The Kier molecular flexibility index (Phi) is 4.61. The first-order chi connectivity index (χ1) is 11.5. The van der Waals surface area contributed by atoms with Crippen molar-refractivity contribution in [1.29, 1.82) is 0 Å². The first kappa shape index (κ1) is 16.2.